The van der Waals surface area contributed by atoms with Crippen LogP contribution in [0.2, 0.25) is 0 Å². The highest BCUT2D eigenvalue weighted by molar-refractivity contribution is 5.62. The van der Waals surface area contributed by atoms with Gasteiger partial charge >= 0.3 is 5.69 Å². The molecule has 0 saturated carbocycles. The van der Waals surface area contributed by atoms with E-state index in [1.54, 1.807) is 18.9 Å². The summed E-state index contributed by atoms with van der Waals surface area (Å²) in [7, 11) is 1.77. The number of nitrogen functional groups attached to an aromatic ring is 1. The first-order valence-corrected chi connectivity index (χ1v) is 5.64. The Kier molecular flexibility index (Phi) is 4.38. The first-order chi connectivity index (χ1) is 8.42. The molecule has 8 heteroatoms. The van der Waals surface area contributed by atoms with E-state index in [2.05, 4.69) is 15.4 Å². The molecule has 0 aliphatic rings. The SMILES string of the molecule is CCC(C)N(C)c1nc(NN)nc(C)c1[N+](=O)[O-]. The largest absolute Gasteiger partial charge is 0.351 e. The van der Waals surface area contributed by atoms with Crippen molar-refractivity contribution in [1.82, 2.24) is 9.97 Å². The molecule has 18 heavy (non-hydrogen) atoms. The number of anilines is 2. The van der Waals surface area contributed by atoms with E-state index in [-0.39, 0.29) is 29.2 Å². The zero-order valence-electron chi connectivity index (χ0n) is 11.0. The molecule has 1 aromatic rings. The molecule has 1 rings (SSSR count). The number of nitrogens with two attached hydrogens (primary N) is 1. The molecule has 1 atom stereocenters. The van der Waals surface area contributed by atoms with E-state index in [4.69, 9.17) is 5.84 Å². The van der Waals surface area contributed by atoms with Gasteiger partial charge in [0.25, 0.3) is 0 Å². The van der Waals surface area contributed by atoms with E-state index in [9.17, 15) is 10.1 Å². The fraction of sp³-hybridized carbons (Fsp3) is 0.600. The van der Waals surface area contributed by atoms with Crippen molar-refractivity contribution in [3.05, 3.63) is 15.8 Å². The summed E-state index contributed by atoms with van der Waals surface area (Å²) in [6.45, 7) is 5.54. The zero-order chi connectivity index (χ0) is 13.9. The zero-order valence-corrected chi connectivity index (χ0v) is 11.0. The standard InChI is InChI=1S/C10H18N6O2/c1-5-6(2)15(4)9-8(16(17)18)7(3)12-10(13-9)14-11/h6H,5,11H2,1-4H3,(H,12,13,14). The summed E-state index contributed by atoms with van der Waals surface area (Å²) in [5, 5.41) is 11.1. The molecule has 1 unspecified atom stereocenters. The molecule has 0 aromatic carbocycles. The number of hydrogen-bond donors (Lipinski definition) is 2. The molecule has 0 aliphatic carbocycles. The minimum Gasteiger partial charge on any atom is -0.351 e. The maximum Gasteiger partial charge on any atom is 0.332 e. The van der Waals surface area contributed by atoms with Crippen LogP contribution in [-0.4, -0.2) is 28.0 Å². The van der Waals surface area contributed by atoms with Gasteiger partial charge in [-0.1, -0.05) is 6.92 Å². The topological polar surface area (TPSA) is 110 Å². The second-order valence-electron chi connectivity index (χ2n) is 4.07. The van der Waals surface area contributed by atoms with Gasteiger partial charge in [-0.15, -0.1) is 0 Å². The highest BCUT2D eigenvalue weighted by Crippen LogP contribution is 2.30. The summed E-state index contributed by atoms with van der Waals surface area (Å²) in [4.78, 5) is 20.4. The Morgan fingerprint density at radius 3 is 2.61 bits per heavy atom. The van der Waals surface area contributed by atoms with Crippen LogP contribution in [0.25, 0.3) is 0 Å². The maximum absolute atomic E-state index is 11.1. The molecule has 0 spiro atoms. The maximum atomic E-state index is 11.1. The van der Waals surface area contributed by atoms with Crippen LogP contribution in [0, 0.1) is 17.0 Å². The average Bonchev–Trinajstić information content (AvgIpc) is 2.35. The van der Waals surface area contributed by atoms with Crippen LogP contribution in [0.5, 0.6) is 0 Å². The van der Waals surface area contributed by atoms with Crippen LogP contribution >= 0.6 is 0 Å². The third kappa shape index (κ3) is 2.65. The Morgan fingerprint density at radius 2 is 2.17 bits per heavy atom. The van der Waals surface area contributed by atoms with Gasteiger partial charge in [0.1, 0.15) is 5.69 Å². The van der Waals surface area contributed by atoms with Crippen molar-refractivity contribution in [3.8, 4) is 0 Å². The fourth-order valence-electron chi connectivity index (χ4n) is 1.56. The molecule has 100 valence electrons. The van der Waals surface area contributed by atoms with E-state index < -0.39 is 4.92 Å². The molecule has 0 aliphatic heterocycles. The van der Waals surface area contributed by atoms with Crippen molar-refractivity contribution in [1.29, 1.82) is 0 Å². The van der Waals surface area contributed by atoms with Crippen LogP contribution < -0.4 is 16.2 Å². The summed E-state index contributed by atoms with van der Waals surface area (Å²) in [6, 6.07) is 0.128. The number of nitrogens with zero attached hydrogens (tertiary/aromatic N) is 4. The highest BCUT2D eigenvalue weighted by atomic mass is 16.6. The van der Waals surface area contributed by atoms with Gasteiger partial charge in [0, 0.05) is 13.1 Å². The normalized spacial score (nSPS) is 12.1. The van der Waals surface area contributed by atoms with Crippen LogP contribution in [0.3, 0.4) is 0 Å². The number of hydrogen-bond acceptors (Lipinski definition) is 7. The second-order valence-corrected chi connectivity index (χ2v) is 4.07. The molecule has 0 radical (unpaired) electrons. The van der Waals surface area contributed by atoms with Gasteiger partial charge in [0.15, 0.2) is 0 Å². The molecule has 0 bridgehead atoms. The Hall–Kier alpha value is -1.96. The molecular formula is C10H18N6O2. The molecule has 8 nitrogen and oxygen atoms in total. The molecule has 0 fully saturated rings. The predicted molar refractivity (Wildman–Crippen MR) is 69.4 cm³/mol. The van der Waals surface area contributed by atoms with Crippen LogP contribution in [-0.2, 0) is 0 Å². The van der Waals surface area contributed by atoms with Crippen LogP contribution in [0.15, 0.2) is 0 Å². The van der Waals surface area contributed by atoms with Gasteiger partial charge < -0.3 is 4.90 Å². The molecule has 1 aromatic heterocycles. The lowest BCUT2D eigenvalue weighted by Crippen LogP contribution is -2.30. The Balaban J connectivity index is 3.38. The fourth-order valence-corrected chi connectivity index (χ4v) is 1.56. The summed E-state index contributed by atoms with van der Waals surface area (Å²) in [5.74, 6) is 5.70. The first kappa shape index (κ1) is 14.1. The third-order valence-electron chi connectivity index (χ3n) is 2.94. The molecular weight excluding hydrogens is 236 g/mol. The quantitative estimate of drug-likeness (QED) is 0.461. The Morgan fingerprint density at radius 1 is 1.56 bits per heavy atom. The van der Waals surface area contributed by atoms with Gasteiger partial charge in [-0.25, -0.2) is 10.8 Å². The van der Waals surface area contributed by atoms with Gasteiger partial charge in [0.2, 0.25) is 11.8 Å². The average molecular weight is 254 g/mol. The molecule has 0 amide bonds. The van der Waals surface area contributed by atoms with Crippen molar-refractivity contribution < 1.29 is 4.92 Å². The second kappa shape index (κ2) is 5.58. The van der Waals surface area contributed by atoms with Crippen LogP contribution in [0.1, 0.15) is 26.0 Å². The van der Waals surface area contributed by atoms with Crippen molar-refractivity contribution in [2.75, 3.05) is 17.4 Å². The van der Waals surface area contributed by atoms with Crippen molar-refractivity contribution in [2.45, 2.75) is 33.2 Å². The van der Waals surface area contributed by atoms with E-state index in [0.717, 1.165) is 6.42 Å². The predicted octanol–water partition coefficient (Wildman–Crippen LogP) is 1.21. The first-order valence-electron chi connectivity index (χ1n) is 5.64. The highest BCUT2D eigenvalue weighted by Gasteiger charge is 2.26. The summed E-state index contributed by atoms with van der Waals surface area (Å²) in [5.41, 5.74) is 2.51. The number of aryl methyl sites for hydroxylation is 1. The smallest absolute Gasteiger partial charge is 0.332 e. The number of rotatable bonds is 5. The Labute approximate surface area is 105 Å². The molecule has 1 heterocycles. The van der Waals surface area contributed by atoms with Crippen molar-refractivity contribution in [2.24, 2.45) is 5.84 Å². The van der Waals surface area contributed by atoms with Gasteiger partial charge in [0.05, 0.1) is 4.92 Å². The molecule has 3 N–H and O–H groups in total. The van der Waals surface area contributed by atoms with Crippen molar-refractivity contribution >= 4 is 17.5 Å². The van der Waals surface area contributed by atoms with E-state index in [1.807, 2.05) is 13.8 Å². The minimum absolute atomic E-state index is 0.0863. The number of hydrazine groups is 1. The third-order valence-corrected chi connectivity index (χ3v) is 2.94. The summed E-state index contributed by atoms with van der Waals surface area (Å²) in [6.07, 6.45) is 0.849. The minimum atomic E-state index is -0.468. The van der Waals surface area contributed by atoms with E-state index >= 15 is 0 Å². The van der Waals surface area contributed by atoms with Gasteiger partial charge in [-0.05, 0) is 20.3 Å². The lowest BCUT2D eigenvalue weighted by Gasteiger charge is -2.25. The van der Waals surface area contributed by atoms with Crippen LogP contribution in [0.4, 0.5) is 17.5 Å². The van der Waals surface area contributed by atoms with E-state index in [1.165, 1.54) is 0 Å². The monoisotopic (exact) mass is 254 g/mol. The van der Waals surface area contributed by atoms with Gasteiger partial charge in [-0.2, -0.15) is 4.98 Å². The molecule has 0 saturated heterocycles. The number of nitro groups is 1. The summed E-state index contributed by atoms with van der Waals surface area (Å²) < 4.78 is 0. The van der Waals surface area contributed by atoms with E-state index in [0.29, 0.717) is 0 Å². The summed E-state index contributed by atoms with van der Waals surface area (Å²) >= 11 is 0. The number of aromatic nitrogens is 2. The lowest BCUT2D eigenvalue weighted by molar-refractivity contribution is -0.385. The van der Waals surface area contributed by atoms with Gasteiger partial charge in [-0.3, -0.25) is 15.5 Å². The Bertz CT molecular complexity index is 450. The van der Waals surface area contributed by atoms with Crippen molar-refractivity contribution in [3.63, 3.8) is 0 Å². The number of nitrogens with one attached hydrogen (secondary N) is 1. The lowest BCUT2D eigenvalue weighted by atomic mass is 10.2.